The first-order valence-corrected chi connectivity index (χ1v) is 10.3. The number of amides is 2. The summed E-state index contributed by atoms with van der Waals surface area (Å²) in [6.07, 6.45) is 1.39. The van der Waals surface area contributed by atoms with E-state index in [4.69, 9.17) is 9.15 Å². The SMILES string of the molecule is COC(=O)c1sccc1-c1ccc(/C=C2/C(=O)NN(c3ccc(I)cc3)C2=O)o1. The Morgan fingerprint density at radius 2 is 1.93 bits per heavy atom. The summed E-state index contributed by atoms with van der Waals surface area (Å²) in [6, 6.07) is 12.2. The summed E-state index contributed by atoms with van der Waals surface area (Å²) in [6.45, 7) is 0. The molecule has 1 saturated heterocycles. The minimum atomic E-state index is -0.516. The van der Waals surface area contributed by atoms with Gasteiger partial charge in [0.25, 0.3) is 11.8 Å². The molecule has 0 atom stereocenters. The van der Waals surface area contributed by atoms with Crippen molar-refractivity contribution in [3.63, 3.8) is 0 Å². The highest BCUT2D eigenvalue weighted by Crippen LogP contribution is 2.31. The van der Waals surface area contributed by atoms with Gasteiger partial charge in [0.1, 0.15) is 22.0 Å². The summed E-state index contributed by atoms with van der Waals surface area (Å²) in [7, 11) is 1.31. The first kappa shape index (κ1) is 19.4. The molecule has 29 heavy (non-hydrogen) atoms. The number of halogens is 1. The number of carbonyl (C=O) groups excluding carboxylic acids is 3. The number of hydrazine groups is 1. The summed E-state index contributed by atoms with van der Waals surface area (Å²) in [4.78, 5) is 37.3. The van der Waals surface area contributed by atoms with Gasteiger partial charge in [-0.3, -0.25) is 15.0 Å². The standard InChI is InChI=1S/C20H13IN2O5S/c1-27-20(26)17-14(8-9-29-17)16-7-6-13(28-16)10-15-18(24)22-23(19(15)25)12-4-2-11(21)3-5-12/h2-10H,1H3,(H,22,24)/b15-10-. The van der Waals surface area contributed by atoms with Gasteiger partial charge in [0.05, 0.1) is 12.8 Å². The molecule has 2 amide bonds. The average Bonchev–Trinajstić information content (AvgIpc) is 3.44. The van der Waals surface area contributed by atoms with Gasteiger partial charge in [0.2, 0.25) is 0 Å². The molecule has 1 fully saturated rings. The van der Waals surface area contributed by atoms with Crippen LogP contribution in [0.4, 0.5) is 5.69 Å². The molecule has 146 valence electrons. The lowest BCUT2D eigenvalue weighted by molar-refractivity contribution is -0.117. The van der Waals surface area contributed by atoms with E-state index in [0.29, 0.717) is 27.6 Å². The van der Waals surface area contributed by atoms with Crippen molar-refractivity contribution in [3.8, 4) is 11.3 Å². The van der Waals surface area contributed by atoms with E-state index in [1.807, 2.05) is 12.1 Å². The molecule has 1 N–H and O–H groups in total. The van der Waals surface area contributed by atoms with Gasteiger partial charge in [-0.25, -0.2) is 9.80 Å². The van der Waals surface area contributed by atoms with Crippen LogP contribution in [0.3, 0.4) is 0 Å². The van der Waals surface area contributed by atoms with Crippen molar-refractivity contribution >= 4 is 63.5 Å². The van der Waals surface area contributed by atoms with Crippen LogP contribution in [0, 0.1) is 3.57 Å². The van der Waals surface area contributed by atoms with Gasteiger partial charge < -0.3 is 9.15 Å². The van der Waals surface area contributed by atoms with Crippen LogP contribution in [0.2, 0.25) is 0 Å². The number of nitrogens with one attached hydrogen (secondary N) is 1. The number of hydrogen-bond acceptors (Lipinski definition) is 6. The number of thiophene rings is 1. The van der Waals surface area contributed by atoms with Crippen LogP contribution in [0.25, 0.3) is 17.4 Å². The first-order valence-electron chi connectivity index (χ1n) is 8.36. The summed E-state index contributed by atoms with van der Waals surface area (Å²) in [5.74, 6) is -0.675. The highest BCUT2D eigenvalue weighted by Gasteiger charge is 2.34. The fourth-order valence-corrected chi connectivity index (χ4v) is 3.98. The first-order chi connectivity index (χ1) is 14.0. The van der Waals surface area contributed by atoms with E-state index in [-0.39, 0.29) is 5.57 Å². The molecule has 0 unspecified atom stereocenters. The van der Waals surface area contributed by atoms with Crippen molar-refractivity contribution in [2.24, 2.45) is 0 Å². The molecule has 0 aliphatic carbocycles. The van der Waals surface area contributed by atoms with Crippen molar-refractivity contribution in [3.05, 3.63) is 67.6 Å². The molecule has 3 aromatic rings. The molecule has 1 aliphatic heterocycles. The molecule has 7 nitrogen and oxygen atoms in total. The van der Waals surface area contributed by atoms with Gasteiger partial charge >= 0.3 is 5.97 Å². The Kier molecular flexibility index (Phi) is 5.24. The Balaban J connectivity index is 1.61. The Labute approximate surface area is 183 Å². The van der Waals surface area contributed by atoms with E-state index < -0.39 is 17.8 Å². The Hall–Kier alpha value is -2.92. The number of nitrogens with zero attached hydrogens (tertiary/aromatic N) is 1. The molecule has 1 aliphatic rings. The van der Waals surface area contributed by atoms with Crippen molar-refractivity contribution in [1.82, 2.24) is 5.43 Å². The average molecular weight is 520 g/mol. The lowest BCUT2D eigenvalue weighted by Gasteiger charge is -2.14. The number of anilines is 1. The van der Waals surface area contributed by atoms with E-state index in [1.54, 1.807) is 35.7 Å². The van der Waals surface area contributed by atoms with E-state index in [1.165, 1.54) is 29.5 Å². The van der Waals surface area contributed by atoms with Gasteiger partial charge in [-0.05, 0) is 76.5 Å². The van der Waals surface area contributed by atoms with Gasteiger partial charge in [0, 0.05) is 9.13 Å². The number of benzene rings is 1. The zero-order chi connectivity index (χ0) is 20.5. The summed E-state index contributed by atoms with van der Waals surface area (Å²) < 4.78 is 11.5. The predicted molar refractivity (Wildman–Crippen MR) is 116 cm³/mol. The second-order valence-corrected chi connectivity index (χ2v) is 8.13. The minimum absolute atomic E-state index is 0.0389. The van der Waals surface area contributed by atoms with Crippen LogP contribution < -0.4 is 10.4 Å². The molecule has 9 heteroatoms. The van der Waals surface area contributed by atoms with Crippen molar-refractivity contribution in [1.29, 1.82) is 0 Å². The lowest BCUT2D eigenvalue weighted by Crippen LogP contribution is -2.35. The zero-order valence-electron chi connectivity index (χ0n) is 15.0. The number of ether oxygens (including phenoxy) is 1. The maximum absolute atomic E-state index is 12.7. The number of methoxy groups -OCH3 is 1. The van der Waals surface area contributed by atoms with Crippen molar-refractivity contribution in [2.45, 2.75) is 0 Å². The normalized spacial score (nSPS) is 15.1. The molecule has 3 heterocycles. The zero-order valence-corrected chi connectivity index (χ0v) is 17.9. The number of hydrogen-bond donors (Lipinski definition) is 1. The molecular weight excluding hydrogens is 507 g/mol. The van der Waals surface area contributed by atoms with E-state index in [9.17, 15) is 14.4 Å². The topological polar surface area (TPSA) is 88.9 Å². The summed E-state index contributed by atoms with van der Waals surface area (Å²) in [5, 5.41) is 2.96. The Morgan fingerprint density at radius 1 is 1.17 bits per heavy atom. The molecule has 4 rings (SSSR count). The molecule has 1 aromatic carbocycles. The maximum Gasteiger partial charge on any atom is 0.348 e. The predicted octanol–water partition coefficient (Wildman–Crippen LogP) is 3.86. The number of esters is 1. The fourth-order valence-electron chi connectivity index (χ4n) is 2.80. The smallest absolute Gasteiger partial charge is 0.348 e. The Bertz CT molecular complexity index is 1150. The fraction of sp³-hybridized carbons (Fsp3) is 0.0500. The summed E-state index contributed by atoms with van der Waals surface area (Å²) >= 11 is 3.40. The van der Waals surface area contributed by atoms with Crippen LogP contribution in [0.1, 0.15) is 15.4 Å². The monoisotopic (exact) mass is 520 g/mol. The van der Waals surface area contributed by atoms with Gasteiger partial charge in [-0.15, -0.1) is 11.3 Å². The van der Waals surface area contributed by atoms with Crippen LogP contribution in [0.15, 0.2) is 57.8 Å². The lowest BCUT2D eigenvalue weighted by atomic mass is 10.2. The molecule has 2 aromatic heterocycles. The maximum atomic E-state index is 12.7. The third kappa shape index (κ3) is 3.70. The second kappa shape index (κ2) is 7.84. The molecule has 0 radical (unpaired) electrons. The van der Waals surface area contributed by atoms with Crippen molar-refractivity contribution < 1.29 is 23.5 Å². The number of rotatable bonds is 4. The van der Waals surface area contributed by atoms with Crippen LogP contribution in [0.5, 0.6) is 0 Å². The Morgan fingerprint density at radius 3 is 2.66 bits per heavy atom. The minimum Gasteiger partial charge on any atom is -0.465 e. The number of carbonyl (C=O) groups is 3. The molecule has 0 spiro atoms. The quantitative estimate of drug-likeness (QED) is 0.244. The molecule has 0 bridgehead atoms. The van der Waals surface area contributed by atoms with Gasteiger partial charge in [-0.2, -0.15) is 0 Å². The highest BCUT2D eigenvalue weighted by atomic mass is 127. The third-order valence-electron chi connectivity index (χ3n) is 4.19. The molecule has 0 saturated carbocycles. The van der Waals surface area contributed by atoms with Crippen LogP contribution >= 0.6 is 33.9 Å². The van der Waals surface area contributed by atoms with Gasteiger partial charge in [0.15, 0.2) is 0 Å². The number of furan rings is 1. The largest absolute Gasteiger partial charge is 0.465 e. The third-order valence-corrected chi connectivity index (χ3v) is 5.80. The van der Waals surface area contributed by atoms with E-state index in [0.717, 1.165) is 3.57 Å². The second-order valence-electron chi connectivity index (χ2n) is 5.97. The van der Waals surface area contributed by atoms with E-state index >= 15 is 0 Å². The van der Waals surface area contributed by atoms with Crippen molar-refractivity contribution in [2.75, 3.05) is 12.1 Å². The molecular formula is C20H13IN2O5S. The van der Waals surface area contributed by atoms with Crippen LogP contribution in [-0.4, -0.2) is 24.9 Å². The van der Waals surface area contributed by atoms with Gasteiger partial charge in [-0.1, -0.05) is 0 Å². The highest BCUT2D eigenvalue weighted by molar-refractivity contribution is 14.1. The van der Waals surface area contributed by atoms with Crippen LogP contribution in [-0.2, 0) is 14.3 Å². The van der Waals surface area contributed by atoms with E-state index in [2.05, 4.69) is 28.0 Å². The summed E-state index contributed by atoms with van der Waals surface area (Å²) in [5.41, 5.74) is 3.66.